The average Bonchev–Trinajstić information content (AvgIpc) is 3.31. The number of hydrogen-bond donors (Lipinski definition) is 0. The van der Waals surface area contributed by atoms with E-state index in [0.29, 0.717) is 35.4 Å². The molecule has 0 saturated heterocycles. The zero-order valence-corrected chi connectivity index (χ0v) is 11.7. The van der Waals surface area contributed by atoms with Crippen molar-refractivity contribution in [3.63, 3.8) is 0 Å². The number of aromatic nitrogens is 1. The van der Waals surface area contributed by atoms with E-state index in [1.165, 1.54) is 0 Å². The van der Waals surface area contributed by atoms with Crippen LogP contribution in [0.1, 0.15) is 40.6 Å². The Morgan fingerprint density at radius 3 is 2.86 bits per heavy atom. The fraction of sp³-hybridized carbons (Fsp3) is 0.312. The number of carbonyl (C=O) groups is 2. The fourth-order valence-electron chi connectivity index (χ4n) is 2.07. The molecule has 0 spiro atoms. The molecule has 0 unspecified atom stereocenters. The van der Waals surface area contributed by atoms with Gasteiger partial charge in [0.1, 0.15) is 17.0 Å². The molecular formula is C16H15NO4. The SMILES string of the molecule is CCOC(=O)c1cc(OC2CC2)c2nc(C=O)ccc2c1. The number of ether oxygens (including phenoxy) is 2. The molecule has 0 N–H and O–H groups in total. The summed E-state index contributed by atoms with van der Waals surface area (Å²) in [5.74, 6) is 0.140. The summed E-state index contributed by atoms with van der Waals surface area (Å²) in [5, 5.41) is 0.752. The third-order valence-electron chi connectivity index (χ3n) is 3.23. The van der Waals surface area contributed by atoms with Gasteiger partial charge in [-0.3, -0.25) is 4.79 Å². The van der Waals surface area contributed by atoms with Crippen molar-refractivity contribution in [1.29, 1.82) is 0 Å². The third-order valence-corrected chi connectivity index (χ3v) is 3.23. The first-order chi connectivity index (χ1) is 10.2. The van der Waals surface area contributed by atoms with Crippen molar-refractivity contribution in [2.45, 2.75) is 25.9 Å². The van der Waals surface area contributed by atoms with Gasteiger partial charge in [-0.05, 0) is 38.0 Å². The van der Waals surface area contributed by atoms with Gasteiger partial charge < -0.3 is 9.47 Å². The van der Waals surface area contributed by atoms with Crippen LogP contribution in [-0.2, 0) is 4.74 Å². The first kappa shape index (κ1) is 13.5. The summed E-state index contributed by atoms with van der Waals surface area (Å²) in [6, 6.07) is 6.72. The van der Waals surface area contributed by atoms with E-state index < -0.39 is 0 Å². The molecule has 3 rings (SSSR count). The maximum Gasteiger partial charge on any atom is 0.338 e. The number of nitrogens with zero attached hydrogens (tertiary/aromatic N) is 1. The first-order valence-corrected chi connectivity index (χ1v) is 6.95. The van der Waals surface area contributed by atoms with Crippen LogP contribution in [0.4, 0.5) is 0 Å². The smallest absolute Gasteiger partial charge is 0.338 e. The van der Waals surface area contributed by atoms with Crippen LogP contribution in [0.2, 0.25) is 0 Å². The molecule has 1 saturated carbocycles. The molecule has 1 fully saturated rings. The van der Waals surface area contributed by atoms with E-state index in [1.807, 2.05) is 0 Å². The number of benzene rings is 1. The minimum atomic E-state index is -0.389. The summed E-state index contributed by atoms with van der Waals surface area (Å²) >= 11 is 0. The summed E-state index contributed by atoms with van der Waals surface area (Å²) in [6.07, 6.45) is 2.86. The summed E-state index contributed by atoms with van der Waals surface area (Å²) < 4.78 is 10.8. The second kappa shape index (κ2) is 5.52. The van der Waals surface area contributed by atoms with E-state index in [2.05, 4.69) is 4.98 Å². The first-order valence-electron chi connectivity index (χ1n) is 6.95. The van der Waals surface area contributed by atoms with Crippen LogP contribution < -0.4 is 4.74 Å². The summed E-state index contributed by atoms with van der Waals surface area (Å²) in [6.45, 7) is 2.08. The molecular weight excluding hydrogens is 270 g/mol. The highest BCUT2D eigenvalue weighted by atomic mass is 16.5. The van der Waals surface area contributed by atoms with E-state index in [0.717, 1.165) is 18.2 Å². The van der Waals surface area contributed by atoms with Gasteiger partial charge in [0.05, 0.1) is 18.3 Å². The van der Waals surface area contributed by atoms with E-state index in [4.69, 9.17) is 9.47 Å². The maximum atomic E-state index is 11.9. The van der Waals surface area contributed by atoms with Crippen molar-refractivity contribution in [2.75, 3.05) is 6.61 Å². The molecule has 1 aromatic carbocycles. The second-order valence-electron chi connectivity index (χ2n) is 4.94. The maximum absolute atomic E-state index is 11.9. The van der Waals surface area contributed by atoms with Crippen LogP contribution in [0.5, 0.6) is 5.75 Å². The standard InChI is InChI=1S/C16H15NO4/c1-2-20-16(19)11-7-10-3-4-12(9-18)17-15(10)14(8-11)21-13-5-6-13/h3-4,7-9,13H,2,5-6H2,1H3. The van der Waals surface area contributed by atoms with E-state index >= 15 is 0 Å². The van der Waals surface area contributed by atoms with Gasteiger partial charge in [0.25, 0.3) is 0 Å². The van der Waals surface area contributed by atoms with Crippen molar-refractivity contribution in [2.24, 2.45) is 0 Å². The Labute approximate surface area is 121 Å². The Balaban J connectivity index is 2.10. The largest absolute Gasteiger partial charge is 0.488 e. The quantitative estimate of drug-likeness (QED) is 0.624. The van der Waals surface area contributed by atoms with Crippen molar-refractivity contribution in [3.8, 4) is 5.75 Å². The van der Waals surface area contributed by atoms with E-state index in [9.17, 15) is 9.59 Å². The molecule has 0 radical (unpaired) electrons. The number of esters is 1. The Morgan fingerprint density at radius 2 is 2.19 bits per heavy atom. The minimum absolute atomic E-state index is 0.173. The Hall–Kier alpha value is -2.43. The molecule has 0 amide bonds. The van der Waals surface area contributed by atoms with Gasteiger partial charge in [-0.1, -0.05) is 6.07 Å². The van der Waals surface area contributed by atoms with Gasteiger partial charge in [0.15, 0.2) is 6.29 Å². The normalized spacial score (nSPS) is 14.0. The van der Waals surface area contributed by atoms with Crippen molar-refractivity contribution in [3.05, 3.63) is 35.5 Å². The summed E-state index contributed by atoms with van der Waals surface area (Å²) in [4.78, 5) is 27.1. The van der Waals surface area contributed by atoms with Gasteiger partial charge >= 0.3 is 5.97 Å². The van der Waals surface area contributed by atoms with Gasteiger partial charge in [0.2, 0.25) is 0 Å². The Morgan fingerprint density at radius 1 is 1.38 bits per heavy atom. The minimum Gasteiger partial charge on any atom is -0.488 e. The van der Waals surface area contributed by atoms with Gasteiger partial charge in [-0.25, -0.2) is 9.78 Å². The molecule has 2 aromatic rings. The lowest BCUT2D eigenvalue weighted by Crippen LogP contribution is -2.06. The van der Waals surface area contributed by atoms with Crippen LogP contribution in [-0.4, -0.2) is 30.0 Å². The van der Waals surface area contributed by atoms with Crippen LogP contribution in [0.3, 0.4) is 0 Å². The molecule has 1 heterocycles. The van der Waals surface area contributed by atoms with Crippen LogP contribution in [0.25, 0.3) is 10.9 Å². The molecule has 5 heteroatoms. The molecule has 0 bridgehead atoms. The molecule has 21 heavy (non-hydrogen) atoms. The van der Waals surface area contributed by atoms with Crippen molar-refractivity contribution < 1.29 is 19.1 Å². The molecule has 5 nitrogen and oxygen atoms in total. The molecule has 1 aliphatic rings. The van der Waals surface area contributed by atoms with Crippen LogP contribution in [0.15, 0.2) is 24.3 Å². The predicted molar refractivity (Wildman–Crippen MR) is 76.7 cm³/mol. The monoisotopic (exact) mass is 285 g/mol. The third kappa shape index (κ3) is 2.86. The molecule has 108 valence electrons. The van der Waals surface area contributed by atoms with E-state index in [1.54, 1.807) is 31.2 Å². The number of rotatable bonds is 5. The number of fused-ring (bicyclic) bond motifs is 1. The van der Waals surface area contributed by atoms with Crippen LogP contribution in [0, 0.1) is 0 Å². The molecule has 1 aromatic heterocycles. The molecule has 1 aliphatic carbocycles. The zero-order valence-electron chi connectivity index (χ0n) is 11.7. The Kier molecular flexibility index (Phi) is 3.56. The highest BCUT2D eigenvalue weighted by Crippen LogP contribution is 2.32. The molecule has 0 atom stereocenters. The van der Waals surface area contributed by atoms with Gasteiger partial charge in [0, 0.05) is 5.39 Å². The van der Waals surface area contributed by atoms with E-state index in [-0.39, 0.29) is 12.1 Å². The van der Waals surface area contributed by atoms with Crippen LogP contribution >= 0.6 is 0 Å². The number of hydrogen-bond acceptors (Lipinski definition) is 5. The zero-order chi connectivity index (χ0) is 14.8. The summed E-state index contributed by atoms with van der Waals surface area (Å²) in [5.41, 5.74) is 1.37. The number of carbonyl (C=O) groups excluding carboxylic acids is 2. The predicted octanol–water partition coefficient (Wildman–Crippen LogP) is 2.77. The topological polar surface area (TPSA) is 65.5 Å². The second-order valence-corrected chi connectivity index (χ2v) is 4.94. The summed E-state index contributed by atoms with van der Waals surface area (Å²) in [7, 11) is 0. The highest BCUT2D eigenvalue weighted by molar-refractivity contribution is 5.97. The van der Waals surface area contributed by atoms with Gasteiger partial charge in [-0.2, -0.15) is 0 Å². The van der Waals surface area contributed by atoms with Gasteiger partial charge in [-0.15, -0.1) is 0 Å². The lowest BCUT2D eigenvalue weighted by molar-refractivity contribution is 0.0526. The van der Waals surface area contributed by atoms with Crippen molar-refractivity contribution in [1.82, 2.24) is 4.98 Å². The average molecular weight is 285 g/mol. The van der Waals surface area contributed by atoms with Crippen molar-refractivity contribution >= 4 is 23.2 Å². The molecule has 0 aliphatic heterocycles. The fourth-order valence-corrected chi connectivity index (χ4v) is 2.07. The lowest BCUT2D eigenvalue weighted by Gasteiger charge is -2.10. The Bertz CT molecular complexity index is 707. The number of aldehydes is 1. The number of pyridine rings is 1. The highest BCUT2D eigenvalue weighted by Gasteiger charge is 2.25. The lowest BCUT2D eigenvalue weighted by atomic mass is 10.1.